The molecule has 0 saturated carbocycles. The van der Waals surface area contributed by atoms with E-state index in [0.29, 0.717) is 13.2 Å². The van der Waals surface area contributed by atoms with Gasteiger partial charge in [-0.05, 0) is 23.8 Å². The number of hydrogen-bond acceptors (Lipinski definition) is 5. The lowest BCUT2D eigenvalue weighted by Gasteiger charge is -2.10. The average molecular weight is 350 g/mol. The highest BCUT2D eigenvalue weighted by molar-refractivity contribution is 9.10. The number of anilines is 1. The van der Waals surface area contributed by atoms with Crippen molar-refractivity contribution in [1.82, 2.24) is 4.98 Å². The minimum atomic E-state index is -0.447. The van der Waals surface area contributed by atoms with Crippen LogP contribution in [0.1, 0.15) is 11.1 Å². The van der Waals surface area contributed by atoms with E-state index in [1.165, 1.54) is 12.3 Å². The van der Waals surface area contributed by atoms with Gasteiger partial charge in [0.25, 0.3) is 0 Å². The number of halogens is 1. The van der Waals surface area contributed by atoms with Crippen molar-refractivity contribution in [3.8, 4) is 5.75 Å². The third-order valence-corrected chi connectivity index (χ3v) is 3.71. The minimum Gasteiger partial charge on any atom is -0.493 e. The molecule has 0 aliphatic carbocycles. The Morgan fingerprint density at radius 3 is 3.14 bits per heavy atom. The van der Waals surface area contributed by atoms with Crippen LogP contribution in [0.4, 0.5) is 11.5 Å². The van der Waals surface area contributed by atoms with E-state index in [1.807, 2.05) is 12.1 Å². The predicted molar refractivity (Wildman–Crippen MR) is 81.6 cm³/mol. The number of pyridine rings is 1. The minimum absolute atomic E-state index is 0.0370. The predicted octanol–water partition coefficient (Wildman–Crippen LogP) is 3.30. The van der Waals surface area contributed by atoms with Crippen molar-refractivity contribution in [2.45, 2.75) is 13.0 Å². The van der Waals surface area contributed by atoms with E-state index < -0.39 is 4.92 Å². The highest BCUT2D eigenvalue weighted by Gasteiger charge is 2.19. The largest absolute Gasteiger partial charge is 0.493 e. The second-order valence-corrected chi connectivity index (χ2v) is 5.55. The summed E-state index contributed by atoms with van der Waals surface area (Å²) in [4.78, 5) is 14.5. The van der Waals surface area contributed by atoms with Crippen LogP contribution in [-0.2, 0) is 13.0 Å². The molecule has 6 nitrogen and oxygen atoms in total. The summed E-state index contributed by atoms with van der Waals surface area (Å²) in [6, 6.07) is 6.96. The summed E-state index contributed by atoms with van der Waals surface area (Å²) >= 11 is 3.47. The Kier molecular flexibility index (Phi) is 3.74. The summed E-state index contributed by atoms with van der Waals surface area (Å²) < 4.78 is 6.61. The van der Waals surface area contributed by atoms with E-state index >= 15 is 0 Å². The molecule has 0 saturated heterocycles. The molecule has 1 aliphatic heterocycles. The van der Waals surface area contributed by atoms with Gasteiger partial charge in [0.15, 0.2) is 0 Å². The average Bonchev–Trinajstić information content (AvgIpc) is 2.93. The molecule has 1 aliphatic rings. The van der Waals surface area contributed by atoms with E-state index in [4.69, 9.17) is 4.74 Å². The fourth-order valence-corrected chi connectivity index (χ4v) is 2.89. The van der Waals surface area contributed by atoms with Gasteiger partial charge >= 0.3 is 5.69 Å². The zero-order valence-electron chi connectivity index (χ0n) is 11.0. The van der Waals surface area contributed by atoms with Gasteiger partial charge in [-0.2, -0.15) is 0 Å². The quantitative estimate of drug-likeness (QED) is 0.676. The van der Waals surface area contributed by atoms with Crippen LogP contribution in [0.2, 0.25) is 0 Å². The normalized spacial score (nSPS) is 12.6. The highest BCUT2D eigenvalue weighted by atomic mass is 79.9. The Labute approximate surface area is 129 Å². The van der Waals surface area contributed by atoms with Crippen LogP contribution in [0.5, 0.6) is 5.75 Å². The standard InChI is InChI=1S/C14H12BrN3O3/c15-11-6-9-3-5-21-13(9)10(7-11)8-17-14-12(18(19)20)2-1-4-16-14/h1-2,4,6-7H,3,5,8H2,(H,16,17). The Hall–Kier alpha value is -2.15. The first-order valence-corrected chi connectivity index (χ1v) is 7.22. The van der Waals surface area contributed by atoms with E-state index in [2.05, 4.69) is 26.2 Å². The van der Waals surface area contributed by atoms with Crippen LogP contribution in [0.15, 0.2) is 34.9 Å². The van der Waals surface area contributed by atoms with Crippen LogP contribution in [0, 0.1) is 10.1 Å². The first-order valence-electron chi connectivity index (χ1n) is 6.42. The Balaban J connectivity index is 1.85. The van der Waals surface area contributed by atoms with Crippen molar-refractivity contribution in [2.75, 3.05) is 11.9 Å². The van der Waals surface area contributed by atoms with E-state index in [1.54, 1.807) is 6.07 Å². The first kappa shape index (κ1) is 13.8. The van der Waals surface area contributed by atoms with Crippen LogP contribution < -0.4 is 10.1 Å². The Morgan fingerprint density at radius 1 is 1.48 bits per heavy atom. The molecule has 21 heavy (non-hydrogen) atoms. The van der Waals surface area contributed by atoms with E-state index in [0.717, 1.165) is 27.8 Å². The van der Waals surface area contributed by atoms with E-state index in [9.17, 15) is 10.1 Å². The first-order chi connectivity index (χ1) is 10.1. The molecular weight excluding hydrogens is 338 g/mol. The topological polar surface area (TPSA) is 77.3 Å². The van der Waals surface area contributed by atoms with Gasteiger partial charge in [0.05, 0.1) is 11.5 Å². The number of hydrogen-bond donors (Lipinski definition) is 1. The molecule has 7 heteroatoms. The maximum atomic E-state index is 11.0. The zero-order chi connectivity index (χ0) is 14.8. The van der Waals surface area contributed by atoms with Gasteiger partial charge in [-0.15, -0.1) is 0 Å². The fraction of sp³-hybridized carbons (Fsp3) is 0.214. The summed E-state index contributed by atoms with van der Waals surface area (Å²) in [6.45, 7) is 1.09. The number of rotatable bonds is 4. The second kappa shape index (κ2) is 5.69. The van der Waals surface area contributed by atoms with Crippen molar-refractivity contribution in [3.05, 3.63) is 56.2 Å². The Bertz CT molecular complexity index is 706. The summed E-state index contributed by atoms with van der Waals surface area (Å²) in [5.41, 5.74) is 2.07. The number of ether oxygens (including phenoxy) is 1. The molecule has 0 radical (unpaired) electrons. The lowest BCUT2D eigenvalue weighted by molar-refractivity contribution is -0.384. The number of aromatic nitrogens is 1. The lowest BCUT2D eigenvalue weighted by Crippen LogP contribution is -2.05. The number of nitrogens with one attached hydrogen (secondary N) is 1. The van der Waals surface area contributed by atoms with Gasteiger partial charge in [0.2, 0.25) is 5.82 Å². The van der Waals surface area contributed by atoms with Crippen LogP contribution >= 0.6 is 15.9 Å². The SMILES string of the molecule is O=[N+]([O-])c1cccnc1NCc1cc(Br)cc2c1OCC2. The molecule has 0 spiro atoms. The molecule has 1 aromatic heterocycles. The van der Waals surface area contributed by atoms with Crippen LogP contribution in [-0.4, -0.2) is 16.5 Å². The van der Waals surface area contributed by atoms with Crippen LogP contribution in [0.3, 0.4) is 0 Å². The van der Waals surface area contributed by atoms with Gasteiger partial charge in [-0.1, -0.05) is 15.9 Å². The molecule has 0 fully saturated rings. The maximum absolute atomic E-state index is 11.0. The number of nitrogens with zero attached hydrogens (tertiary/aromatic N) is 2. The maximum Gasteiger partial charge on any atom is 0.311 e. The molecular formula is C14H12BrN3O3. The number of fused-ring (bicyclic) bond motifs is 1. The monoisotopic (exact) mass is 349 g/mol. The summed E-state index contributed by atoms with van der Waals surface area (Å²) in [6.07, 6.45) is 2.41. The zero-order valence-corrected chi connectivity index (χ0v) is 12.6. The summed E-state index contributed by atoms with van der Waals surface area (Å²) in [7, 11) is 0. The van der Waals surface area contributed by atoms with Crippen molar-refractivity contribution in [1.29, 1.82) is 0 Å². The van der Waals surface area contributed by atoms with Gasteiger partial charge < -0.3 is 10.1 Å². The van der Waals surface area contributed by atoms with Crippen molar-refractivity contribution >= 4 is 27.4 Å². The smallest absolute Gasteiger partial charge is 0.311 e. The second-order valence-electron chi connectivity index (χ2n) is 4.63. The molecule has 2 aromatic rings. The fourth-order valence-electron chi connectivity index (χ4n) is 2.34. The summed E-state index contributed by atoms with van der Waals surface area (Å²) in [5, 5.41) is 14.0. The highest BCUT2D eigenvalue weighted by Crippen LogP contribution is 2.33. The molecule has 0 atom stereocenters. The van der Waals surface area contributed by atoms with Crippen molar-refractivity contribution in [3.63, 3.8) is 0 Å². The van der Waals surface area contributed by atoms with Crippen LogP contribution in [0.25, 0.3) is 0 Å². The molecule has 108 valence electrons. The molecule has 0 amide bonds. The lowest BCUT2D eigenvalue weighted by atomic mass is 10.1. The molecule has 0 bridgehead atoms. The van der Waals surface area contributed by atoms with Crippen molar-refractivity contribution < 1.29 is 9.66 Å². The number of nitro groups is 1. The molecule has 1 N–H and O–H groups in total. The number of benzene rings is 1. The van der Waals surface area contributed by atoms with Gasteiger partial charge in [-0.3, -0.25) is 10.1 Å². The third-order valence-electron chi connectivity index (χ3n) is 3.25. The summed E-state index contributed by atoms with van der Waals surface area (Å²) in [5.74, 6) is 1.12. The van der Waals surface area contributed by atoms with Gasteiger partial charge in [0.1, 0.15) is 5.75 Å². The molecule has 0 unspecified atom stereocenters. The van der Waals surface area contributed by atoms with Gasteiger partial charge in [-0.25, -0.2) is 4.98 Å². The van der Waals surface area contributed by atoms with Gasteiger partial charge in [0, 0.05) is 35.3 Å². The Morgan fingerprint density at radius 2 is 2.33 bits per heavy atom. The molecule has 2 heterocycles. The molecule has 1 aromatic carbocycles. The molecule has 3 rings (SSSR count). The van der Waals surface area contributed by atoms with E-state index in [-0.39, 0.29) is 11.5 Å². The third kappa shape index (κ3) is 2.82. The van der Waals surface area contributed by atoms with Crippen molar-refractivity contribution in [2.24, 2.45) is 0 Å².